The molecule has 0 bridgehead atoms. The van der Waals surface area contributed by atoms with E-state index in [0.29, 0.717) is 32.6 Å². The van der Waals surface area contributed by atoms with Gasteiger partial charge in [0, 0.05) is 19.6 Å². The van der Waals surface area contributed by atoms with Crippen LogP contribution in [0.15, 0.2) is 0 Å². The molecule has 0 aliphatic heterocycles. The van der Waals surface area contributed by atoms with Crippen molar-refractivity contribution in [1.82, 2.24) is 5.32 Å². The average Bonchev–Trinajstić information content (AvgIpc) is 2.25. The Bertz CT molecular complexity index is 260. The Kier molecular flexibility index (Phi) is 8.11. The van der Waals surface area contributed by atoms with Crippen LogP contribution in [-0.4, -0.2) is 44.5 Å². The van der Waals surface area contributed by atoms with Crippen molar-refractivity contribution in [2.75, 3.05) is 26.9 Å². The van der Waals surface area contributed by atoms with E-state index >= 15 is 0 Å². The first-order valence-electron chi connectivity index (χ1n) is 5.96. The Balaban J connectivity index is 3.35. The second-order valence-electron chi connectivity index (χ2n) is 4.72. The molecule has 0 saturated carbocycles. The maximum absolute atomic E-state index is 11.2. The first-order valence-corrected chi connectivity index (χ1v) is 5.96. The highest BCUT2D eigenvalue weighted by Crippen LogP contribution is 2.06. The van der Waals surface area contributed by atoms with E-state index in [-0.39, 0.29) is 5.97 Å². The maximum atomic E-state index is 11.2. The fourth-order valence-corrected chi connectivity index (χ4v) is 1.06. The molecule has 0 aromatic heterocycles. The van der Waals surface area contributed by atoms with E-state index in [1.807, 2.05) is 0 Å². The zero-order valence-corrected chi connectivity index (χ0v) is 11.6. The van der Waals surface area contributed by atoms with Gasteiger partial charge in [0.05, 0.1) is 13.7 Å². The van der Waals surface area contributed by atoms with Crippen LogP contribution in [-0.2, 0) is 19.0 Å². The van der Waals surface area contributed by atoms with Gasteiger partial charge in [-0.15, -0.1) is 0 Å². The van der Waals surface area contributed by atoms with Gasteiger partial charge in [-0.25, -0.2) is 4.79 Å². The summed E-state index contributed by atoms with van der Waals surface area (Å²) in [6.07, 6.45) is 0.496. The third kappa shape index (κ3) is 11.2. The van der Waals surface area contributed by atoms with Crippen molar-refractivity contribution >= 4 is 12.1 Å². The average molecular weight is 261 g/mol. The summed E-state index contributed by atoms with van der Waals surface area (Å²) in [4.78, 5) is 22.0. The molecule has 6 nitrogen and oxygen atoms in total. The van der Waals surface area contributed by atoms with Crippen LogP contribution in [0.3, 0.4) is 0 Å². The smallest absolute Gasteiger partial charge is 0.407 e. The summed E-state index contributed by atoms with van der Waals surface area (Å²) in [5.74, 6) is -0.245. The van der Waals surface area contributed by atoms with Crippen molar-refractivity contribution in [3.63, 3.8) is 0 Å². The number of rotatable bonds is 7. The molecular weight excluding hydrogens is 238 g/mol. The summed E-state index contributed by atoms with van der Waals surface area (Å²) < 4.78 is 14.8. The number of esters is 1. The van der Waals surface area contributed by atoms with Crippen molar-refractivity contribution in [2.45, 2.75) is 39.2 Å². The van der Waals surface area contributed by atoms with Crippen molar-refractivity contribution in [1.29, 1.82) is 0 Å². The SMILES string of the molecule is COC(=O)CCCOCCNC(=O)OC(C)(C)C. The highest BCUT2D eigenvalue weighted by molar-refractivity contribution is 5.69. The molecule has 0 unspecified atom stereocenters. The molecule has 0 heterocycles. The summed E-state index contributed by atoms with van der Waals surface area (Å²) in [6.45, 7) is 6.64. The fraction of sp³-hybridized carbons (Fsp3) is 0.833. The topological polar surface area (TPSA) is 73.9 Å². The molecule has 106 valence electrons. The first kappa shape index (κ1) is 16.7. The fourth-order valence-electron chi connectivity index (χ4n) is 1.06. The van der Waals surface area contributed by atoms with Crippen LogP contribution in [0, 0.1) is 0 Å². The molecule has 0 aromatic rings. The van der Waals surface area contributed by atoms with Crippen LogP contribution in [0.25, 0.3) is 0 Å². The number of hydrogen-bond acceptors (Lipinski definition) is 5. The van der Waals surface area contributed by atoms with Crippen LogP contribution in [0.5, 0.6) is 0 Å². The number of carbonyl (C=O) groups is 2. The molecule has 0 aliphatic rings. The summed E-state index contributed by atoms with van der Waals surface area (Å²) in [5, 5.41) is 2.57. The summed E-state index contributed by atoms with van der Waals surface area (Å²) in [5.41, 5.74) is -0.495. The molecule has 0 aromatic carbocycles. The van der Waals surface area contributed by atoms with Gasteiger partial charge in [-0.3, -0.25) is 4.79 Å². The van der Waals surface area contributed by atoms with E-state index in [1.54, 1.807) is 20.8 Å². The third-order valence-corrected chi connectivity index (χ3v) is 1.81. The molecule has 6 heteroatoms. The first-order chi connectivity index (χ1) is 8.35. The Morgan fingerprint density at radius 3 is 2.39 bits per heavy atom. The van der Waals surface area contributed by atoms with E-state index in [4.69, 9.17) is 9.47 Å². The van der Waals surface area contributed by atoms with Crippen LogP contribution in [0.4, 0.5) is 4.79 Å². The summed E-state index contributed by atoms with van der Waals surface area (Å²) >= 11 is 0. The van der Waals surface area contributed by atoms with Gasteiger partial charge in [0.15, 0.2) is 0 Å². The van der Waals surface area contributed by atoms with Gasteiger partial charge >= 0.3 is 12.1 Å². The molecule has 1 amide bonds. The Morgan fingerprint density at radius 1 is 1.17 bits per heavy atom. The lowest BCUT2D eigenvalue weighted by Gasteiger charge is -2.19. The van der Waals surface area contributed by atoms with Gasteiger partial charge in [-0.1, -0.05) is 0 Å². The molecular formula is C12H23NO5. The molecule has 0 atom stereocenters. The number of methoxy groups -OCH3 is 1. The van der Waals surface area contributed by atoms with E-state index in [2.05, 4.69) is 10.1 Å². The summed E-state index contributed by atoms with van der Waals surface area (Å²) in [7, 11) is 1.36. The predicted molar refractivity (Wildman–Crippen MR) is 66.3 cm³/mol. The zero-order chi connectivity index (χ0) is 14.0. The molecule has 0 spiro atoms. The largest absolute Gasteiger partial charge is 0.469 e. The number of alkyl carbamates (subject to hydrolysis) is 1. The van der Waals surface area contributed by atoms with Crippen LogP contribution in [0.1, 0.15) is 33.6 Å². The number of amides is 1. The maximum Gasteiger partial charge on any atom is 0.407 e. The Labute approximate surface area is 108 Å². The number of ether oxygens (including phenoxy) is 3. The lowest BCUT2D eigenvalue weighted by atomic mass is 10.2. The minimum atomic E-state index is -0.495. The highest BCUT2D eigenvalue weighted by atomic mass is 16.6. The highest BCUT2D eigenvalue weighted by Gasteiger charge is 2.15. The minimum absolute atomic E-state index is 0.245. The van der Waals surface area contributed by atoms with Crippen LogP contribution in [0.2, 0.25) is 0 Å². The lowest BCUT2D eigenvalue weighted by Crippen LogP contribution is -2.34. The van der Waals surface area contributed by atoms with Gasteiger partial charge in [-0.2, -0.15) is 0 Å². The second kappa shape index (κ2) is 8.74. The quantitative estimate of drug-likeness (QED) is 0.555. The number of nitrogens with one attached hydrogen (secondary N) is 1. The third-order valence-electron chi connectivity index (χ3n) is 1.81. The number of carbonyl (C=O) groups excluding carboxylic acids is 2. The van der Waals surface area contributed by atoms with E-state index < -0.39 is 11.7 Å². The minimum Gasteiger partial charge on any atom is -0.469 e. The van der Waals surface area contributed by atoms with Gasteiger partial charge < -0.3 is 19.5 Å². The van der Waals surface area contributed by atoms with Crippen LogP contribution < -0.4 is 5.32 Å². The standard InChI is InChI=1S/C12H23NO5/c1-12(2,3)18-11(15)13-7-9-17-8-5-6-10(14)16-4/h5-9H2,1-4H3,(H,13,15). The molecule has 18 heavy (non-hydrogen) atoms. The molecule has 0 rings (SSSR count). The van der Waals surface area contributed by atoms with Crippen molar-refractivity contribution in [3.8, 4) is 0 Å². The second-order valence-corrected chi connectivity index (χ2v) is 4.72. The molecule has 0 radical (unpaired) electrons. The number of hydrogen-bond donors (Lipinski definition) is 1. The van der Waals surface area contributed by atoms with Gasteiger partial charge in [0.1, 0.15) is 5.60 Å². The van der Waals surface area contributed by atoms with Crippen LogP contribution >= 0.6 is 0 Å². The molecule has 0 aliphatic carbocycles. The predicted octanol–water partition coefficient (Wildman–Crippen LogP) is 1.48. The van der Waals surface area contributed by atoms with Crippen molar-refractivity contribution in [3.05, 3.63) is 0 Å². The molecule has 0 saturated heterocycles. The molecule has 1 N–H and O–H groups in total. The molecule has 0 fully saturated rings. The Hall–Kier alpha value is -1.30. The zero-order valence-electron chi connectivity index (χ0n) is 11.6. The van der Waals surface area contributed by atoms with Gasteiger partial charge in [0.25, 0.3) is 0 Å². The summed E-state index contributed by atoms with van der Waals surface area (Å²) in [6, 6.07) is 0. The van der Waals surface area contributed by atoms with E-state index in [0.717, 1.165) is 0 Å². The van der Waals surface area contributed by atoms with Crippen molar-refractivity contribution in [2.24, 2.45) is 0 Å². The normalized spacial score (nSPS) is 10.9. The monoisotopic (exact) mass is 261 g/mol. The lowest BCUT2D eigenvalue weighted by molar-refractivity contribution is -0.141. The Morgan fingerprint density at radius 2 is 1.83 bits per heavy atom. The van der Waals surface area contributed by atoms with Gasteiger partial charge in [0.2, 0.25) is 0 Å². The van der Waals surface area contributed by atoms with E-state index in [1.165, 1.54) is 7.11 Å². The van der Waals surface area contributed by atoms with Crippen molar-refractivity contribution < 1.29 is 23.8 Å². The van der Waals surface area contributed by atoms with Gasteiger partial charge in [-0.05, 0) is 27.2 Å². The van der Waals surface area contributed by atoms with E-state index in [9.17, 15) is 9.59 Å².